The average Bonchev–Trinajstić information content (AvgIpc) is 3.11. The van der Waals surface area contributed by atoms with Crippen LogP contribution in [0.2, 0.25) is 0 Å². The lowest BCUT2D eigenvalue weighted by atomic mass is 10.1. The molecule has 8 nitrogen and oxygen atoms in total. The zero-order valence-corrected chi connectivity index (χ0v) is 13.8. The number of carbonyl (C=O) groups excluding carboxylic acids is 2. The zero-order chi connectivity index (χ0) is 17.6. The lowest BCUT2D eigenvalue weighted by Gasteiger charge is -2.22. The van der Waals surface area contributed by atoms with Gasteiger partial charge in [0.05, 0.1) is 7.11 Å². The highest BCUT2D eigenvalue weighted by molar-refractivity contribution is 5.96. The highest BCUT2D eigenvalue weighted by atomic mass is 16.5. The van der Waals surface area contributed by atoms with Crippen LogP contribution in [0.5, 0.6) is 11.5 Å². The summed E-state index contributed by atoms with van der Waals surface area (Å²) in [5.74, 6) is 1.01. The Balaban J connectivity index is 1.54. The molecule has 0 unspecified atom stereocenters. The molecule has 1 saturated heterocycles. The van der Waals surface area contributed by atoms with Gasteiger partial charge in [-0.1, -0.05) is 0 Å². The number of methoxy groups -OCH3 is 1. The molecule has 3 rings (SSSR count). The van der Waals surface area contributed by atoms with E-state index in [4.69, 9.17) is 13.9 Å². The standard InChI is InChI=1S/C17H19N3O5/c1-23-11-4-6-12(7-5-11)24-10-15-19-14(9-25-15)17(22)20-13-3-2-8-18-16(13)21/h4-7,9,13H,2-3,8,10H2,1H3,(H,18,21)(H,20,22)/t13-/m1/s1. The molecule has 1 aromatic carbocycles. The van der Waals surface area contributed by atoms with Gasteiger partial charge in [0.15, 0.2) is 12.3 Å². The van der Waals surface area contributed by atoms with Gasteiger partial charge in [0.25, 0.3) is 5.91 Å². The summed E-state index contributed by atoms with van der Waals surface area (Å²) < 4.78 is 15.9. The lowest BCUT2D eigenvalue weighted by Crippen LogP contribution is -2.50. The van der Waals surface area contributed by atoms with Crippen molar-refractivity contribution < 1.29 is 23.5 Å². The van der Waals surface area contributed by atoms with Gasteiger partial charge in [-0.3, -0.25) is 9.59 Å². The zero-order valence-electron chi connectivity index (χ0n) is 13.8. The van der Waals surface area contributed by atoms with Crippen molar-refractivity contribution in [3.05, 3.63) is 42.1 Å². The first kappa shape index (κ1) is 16.8. The Bertz CT molecular complexity index is 741. The SMILES string of the molecule is COc1ccc(OCc2nc(C(=O)N[C@@H]3CCCNC3=O)co2)cc1. The molecule has 1 fully saturated rings. The first-order valence-corrected chi connectivity index (χ1v) is 7.95. The van der Waals surface area contributed by atoms with Gasteiger partial charge in [0.2, 0.25) is 11.8 Å². The fraction of sp³-hybridized carbons (Fsp3) is 0.353. The van der Waals surface area contributed by atoms with Crippen LogP contribution < -0.4 is 20.1 Å². The van der Waals surface area contributed by atoms with Crippen molar-refractivity contribution in [3.8, 4) is 11.5 Å². The molecule has 2 heterocycles. The number of nitrogens with zero attached hydrogens (tertiary/aromatic N) is 1. The number of oxazole rings is 1. The molecule has 25 heavy (non-hydrogen) atoms. The minimum absolute atomic E-state index is 0.0868. The average molecular weight is 345 g/mol. The summed E-state index contributed by atoms with van der Waals surface area (Å²) >= 11 is 0. The number of amides is 2. The van der Waals surface area contributed by atoms with E-state index in [0.717, 1.165) is 12.2 Å². The Hall–Kier alpha value is -3.03. The third kappa shape index (κ3) is 4.28. The quantitative estimate of drug-likeness (QED) is 0.817. The normalized spacial score (nSPS) is 16.8. The number of hydrogen-bond donors (Lipinski definition) is 2. The summed E-state index contributed by atoms with van der Waals surface area (Å²) in [4.78, 5) is 27.9. The molecule has 0 spiro atoms. The van der Waals surface area contributed by atoms with Crippen LogP contribution in [0.25, 0.3) is 0 Å². The minimum atomic E-state index is -0.531. The van der Waals surface area contributed by atoms with Crippen molar-refractivity contribution in [2.24, 2.45) is 0 Å². The van der Waals surface area contributed by atoms with Crippen molar-refractivity contribution in [3.63, 3.8) is 0 Å². The predicted octanol–water partition coefficient (Wildman–Crippen LogP) is 1.27. The monoisotopic (exact) mass is 345 g/mol. The van der Waals surface area contributed by atoms with E-state index in [1.807, 2.05) is 0 Å². The van der Waals surface area contributed by atoms with Gasteiger partial charge in [0.1, 0.15) is 23.8 Å². The van der Waals surface area contributed by atoms with Crippen molar-refractivity contribution in [2.45, 2.75) is 25.5 Å². The summed E-state index contributed by atoms with van der Waals surface area (Å²) in [6.07, 6.45) is 2.70. The maximum absolute atomic E-state index is 12.1. The van der Waals surface area contributed by atoms with Crippen molar-refractivity contribution in [1.29, 1.82) is 0 Å². The molecule has 132 valence electrons. The summed E-state index contributed by atoms with van der Waals surface area (Å²) in [6, 6.07) is 6.54. The van der Waals surface area contributed by atoms with Gasteiger partial charge in [-0.2, -0.15) is 0 Å². The largest absolute Gasteiger partial charge is 0.497 e. The molecule has 1 aromatic heterocycles. The Morgan fingerprint density at radius 2 is 2.12 bits per heavy atom. The minimum Gasteiger partial charge on any atom is -0.497 e. The molecule has 2 amide bonds. The molecule has 0 aliphatic carbocycles. The van der Waals surface area contributed by atoms with E-state index >= 15 is 0 Å². The van der Waals surface area contributed by atoms with Crippen LogP contribution in [-0.2, 0) is 11.4 Å². The molecular formula is C17H19N3O5. The van der Waals surface area contributed by atoms with E-state index in [9.17, 15) is 9.59 Å². The van der Waals surface area contributed by atoms with Gasteiger partial charge < -0.3 is 24.5 Å². The van der Waals surface area contributed by atoms with Crippen LogP contribution in [0.4, 0.5) is 0 Å². The first-order valence-electron chi connectivity index (χ1n) is 7.95. The summed E-state index contributed by atoms with van der Waals surface area (Å²) in [6.45, 7) is 0.728. The molecule has 2 N–H and O–H groups in total. The van der Waals surface area contributed by atoms with Crippen molar-refractivity contribution >= 4 is 11.8 Å². The van der Waals surface area contributed by atoms with Crippen molar-refractivity contribution in [1.82, 2.24) is 15.6 Å². The number of nitrogens with one attached hydrogen (secondary N) is 2. The smallest absolute Gasteiger partial charge is 0.273 e. The van der Waals surface area contributed by atoms with Crippen LogP contribution >= 0.6 is 0 Å². The van der Waals surface area contributed by atoms with E-state index in [2.05, 4.69) is 15.6 Å². The number of benzene rings is 1. The Labute approximate surface area is 144 Å². The molecule has 0 bridgehead atoms. The highest BCUT2D eigenvalue weighted by Gasteiger charge is 2.25. The summed E-state index contributed by atoms with van der Waals surface area (Å²) in [5, 5.41) is 5.37. The van der Waals surface area contributed by atoms with Crippen LogP contribution in [-0.4, -0.2) is 36.5 Å². The Kier molecular flexibility index (Phi) is 5.17. The van der Waals surface area contributed by atoms with E-state index in [0.29, 0.717) is 18.7 Å². The third-order valence-electron chi connectivity index (χ3n) is 3.80. The molecule has 1 aliphatic rings. The number of rotatable bonds is 6. The van der Waals surface area contributed by atoms with Gasteiger partial charge >= 0.3 is 0 Å². The van der Waals surface area contributed by atoms with E-state index in [1.54, 1.807) is 31.4 Å². The van der Waals surface area contributed by atoms with Gasteiger partial charge in [-0.25, -0.2) is 4.98 Å². The maximum atomic E-state index is 12.1. The maximum Gasteiger partial charge on any atom is 0.273 e. The molecule has 1 atom stereocenters. The number of piperidine rings is 1. The van der Waals surface area contributed by atoms with E-state index < -0.39 is 11.9 Å². The first-order chi connectivity index (χ1) is 12.2. The predicted molar refractivity (Wildman–Crippen MR) is 87.3 cm³/mol. The van der Waals surface area contributed by atoms with E-state index in [-0.39, 0.29) is 24.1 Å². The summed E-state index contributed by atoms with van der Waals surface area (Å²) in [7, 11) is 1.59. The lowest BCUT2D eigenvalue weighted by molar-refractivity contribution is -0.124. The number of aromatic nitrogens is 1. The molecule has 1 aliphatic heterocycles. The highest BCUT2D eigenvalue weighted by Crippen LogP contribution is 2.18. The second-order valence-electron chi connectivity index (χ2n) is 5.55. The molecule has 8 heteroatoms. The molecule has 0 radical (unpaired) electrons. The fourth-order valence-corrected chi connectivity index (χ4v) is 2.44. The molecule has 0 saturated carbocycles. The van der Waals surface area contributed by atoms with Gasteiger partial charge in [-0.15, -0.1) is 0 Å². The molecular weight excluding hydrogens is 326 g/mol. The Morgan fingerprint density at radius 1 is 1.36 bits per heavy atom. The number of carbonyl (C=O) groups is 2. The van der Waals surface area contributed by atoms with Crippen LogP contribution in [0.1, 0.15) is 29.2 Å². The topological polar surface area (TPSA) is 103 Å². The van der Waals surface area contributed by atoms with E-state index in [1.165, 1.54) is 6.26 Å². The van der Waals surface area contributed by atoms with Gasteiger partial charge in [-0.05, 0) is 37.1 Å². The molecule has 2 aromatic rings. The van der Waals surface area contributed by atoms with Gasteiger partial charge in [0, 0.05) is 6.54 Å². The van der Waals surface area contributed by atoms with Crippen LogP contribution in [0.15, 0.2) is 34.9 Å². The Morgan fingerprint density at radius 3 is 2.84 bits per heavy atom. The third-order valence-corrected chi connectivity index (χ3v) is 3.80. The second-order valence-corrected chi connectivity index (χ2v) is 5.55. The number of ether oxygens (including phenoxy) is 2. The second kappa shape index (κ2) is 7.69. The number of hydrogen-bond acceptors (Lipinski definition) is 6. The van der Waals surface area contributed by atoms with Crippen molar-refractivity contribution in [2.75, 3.05) is 13.7 Å². The summed E-state index contributed by atoms with van der Waals surface area (Å²) in [5.41, 5.74) is 0.117. The van der Waals surface area contributed by atoms with Crippen LogP contribution in [0.3, 0.4) is 0 Å². The fourth-order valence-electron chi connectivity index (χ4n) is 2.44. The van der Waals surface area contributed by atoms with Crippen LogP contribution in [0, 0.1) is 0 Å².